The van der Waals surface area contributed by atoms with Crippen LogP contribution < -0.4 is 5.32 Å². The number of aromatic nitrogens is 1. The van der Waals surface area contributed by atoms with E-state index in [4.69, 9.17) is 0 Å². The summed E-state index contributed by atoms with van der Waals surface area (Å²) in [5.74, 6) is 0. The van der Waals surface area contributed by atoms with Crippen molar-refractivity contribution < 1.29 is 0 Å². The van der Waals surface area contributed by atoms with Gasteiger partial charge in [-0.2, -0.15) is 0 Å². The van der Waals surface area contributed by atoms with Crippen molar-refractivity contribution in [1.82, 2.24) is 10.3 Å². The molecule has 2 nitrogen and oxygen atoms in total. The average Bonchev–Trinajstić information content (AvgIpc) is 2.81. The third-order valence-electron chi connectivity index (χ3n) is 2.35. The Morgan fingerprint density at radius 2 is 2.31 bits per heavy atom. The number of hydrogen-bond acceptors (Lipinski definition) is 3. The van der Waals surface area contributed by atoms with Gasteiger partial charge in [0.1, 0.15) is 0 Å². The van der Waals surface area contributed by atoms with Crippen molar-refractivity contribution in [1.29, 1.82) is 0 Å². The Hall–Kier alpha value is -0.710. The van der Waals surface area contributed by atoms with E-state index >= 15 is 0 Å². The van der Waals surface area contributed by atoms with Crippen molar-refractivity contribution in [2.45, 2.75) is 19.5 Å². The number of pyridine rings is 1. The van der Waals surface area contributed by atoms with Crippen molar-refractivity contribution in [3.05, 3.63) is 50.9 Å². The summed E-state index contributed by atoms with van der Waals surface area (Å²) in [5.41, 5.74) is 1.06. The quantitative estimate of drug-likeness (QED) is 0.929. The van der Waals surface area contributed by atoms with Gasteiger partial charge in [0.15, 0.2) is 0 Å². The third-order valence-corrected chi connectivity index (χ3v) is 3.87. The zero-order chi connectivity index (χ0) is 11.4. The molecule has 2 aromatic rings. The molecule has 2 heterocycles. The molecule has 0 aliphatic rings. The van der Waals surface area contributed by atoms with E-state index in [0.717, 1.165) is 16.7 Å². The highest BCUT2D eigenvalue weighted by atomic mass is 79.9. The van der Waals surface area contributed by atoms with Gasteiger partial charge in [0.25, 0.3) is 0 Å². The van der Waals surface area contributed by atoms with Crippen molar-refractivity contribution in [3.8, 4) is 0 Å². The maximum Gasteiger partial charge on any atom is 0.0542 e. The van der Waals surface area contributed by atoms with Gasteiger partial charge in [0, 0.05) is 28.1 Å². The molecule has 0 aromatic carbocycles. The molecule has 0 saturated carbocycles. The van der Waals surface area contributed by atoms with Gasteiger partial charge in [-0.3, -0.25) is 4.98 Å². The predicted octanol–water partition coefficient (Wildman–Crippen LogP) is 3.76. The molecule has 0 amide bonds. The maximum atomic E-state index is 4.33. The summed E-state index contributed by atoms with van der Waals surface area (Å²) in [6.45, 7) is 2.97. The Balaban J connectivity index is 1.90. The van der Waals surface area contributed by atoms with Gasteiger partial charge in [-0.25, -0.2) is 0 Å². The van der Waals surface area contributed by atoms with Gasteiger partial charge >= 0.3 is 0 Å². The van der Waals surface area contributed by atoms with Crippen molar-refractivity contribution >= 4 is 27.3 Å². The monoisotopic (exact) mass is 296 g/mol. The lowest BCUT2D eigenvalue weighted by molar-refractivity contribution is 0.575. The molecule has 2 rings (SSSR count). The molecule has 1 unspecified atom stereocenters. The van der Waals surface area contributed by atoms with Gasteiger partial charge in [0.2, 0.25) is 0 Å². The fraction of sp³-hybridized carbons (Fsp3) is 0.250. The van der Waals surface area contributed by atoms with Crippen LogP contribution >= 0.6 is 27.3 Å². The lowest BCUT2D eigenvalue weighted by Gasteiger charge is -2.11. The smallest absolute Gasteiger partial charge is 0.0542 e. The molecule has 0 aliphatic carbocycles. The topological polar surface area (TPSA) is 24.9 Å². The Labute approximate surface area is 108 Å². The van der Waals surface area contributed by atoms with E-state index in [0.29, 0.717) is 6.04 Å². The van der Waals surface area contributed by atoms with Crippen molar-refractivity contribution in [3.63, 3.8) is 0 Å². The SMILES string of the molecule is CC(NCc1ccc(Br)cn1)c1cccs1. The van der Waals surface area contributed by atoms with E-state index in [9.17, 15) is 0 Å². The first kappa shape index (κ1) is 11.8. The van der Waals surface area contributed by atoms with Crippen LogP contribution in [0.4, 0.5) is 0 Å². The molecule has 0 bridgehead atoms. The summed E-state index contributed by atoms with van der Waals surface area (Å²) in [6.07, 6.45) is 1.83. The van der Waals surface area contributed by atoms with E-state index in [1.165, 1.54) is 4.88 Å². The molecule has 1 atom stereocenters. The van der Waals surface area contributed by atoms with Crippen LogP contribution in [-0.4, -0.2) is 4.98 Å². The van der Waals surface area contributed by atoms with E-state index < -0.39 is 0 Å². The number of rotatable bonds is 4. The molecular weight excluding hydrogens is 284 g/mol. The molecule has 0 radical (unpaired) electrons. The first-order valence-electron chi connectivity index (χ1n) is 5.13. The van der Waals surface area contributed by atoms with Crippen LogP contribution in [0.3, 0.4) is 0 Å². The first-order chi connectivity index (χ1) is 7.75. The second kappa shape index (κ2) is 5.57. The minimum atomic E-state index is 0.380. The Kier molecular flexibility index (Phi) is 4.09. The lowest BCUT2D eigenvalue weighted by atomic mass is 10.2. The van der Waals surface area contributed by atoms with Crippen LogP contribution in [0.2, 0.25) is 0 Å². The van der Waals surface area contributed by atoms with Gasteiger partial charge in [-0.1, -0.05) is 6.07 Å². The summed E-state index contributed by atoms with van der Waals surface area (Å²) in [7, 11) is 0. The third kappa shape index (κ3) is 3.14. The zero-order valence-corrected chi connectivity index (χ0v) is 11.4. The largest absolute Gasteiger partial charge is 0.304 e. The highest BCUT2D eigenvalue weighted by Gasteiger charge is 2.05. The van der Waals surface area contributed by atoms with E-state index in [2.05, 4.69) is 50.7 Å². The molecule has 84 valence electrons. The second-order valence-corrected chi connectivity index (χ2v) is 5.48. The first-order valence-corrected chi connectivity index (χ1v) is 6.80. The summed E-state index contributed by atoms with van der Waals surface area (Å²) in [6, 6.07) is 8.65. The van der Waals surface area contributed by atoms with Crippen molar-refractivity contribution in [2.24, 2.45) is 0 Å². The molecule has 0 fully saturated rings. The van der Waals surface area contributed by atoms with E-state index in [-0.39, 0.29) is 0 Å². The maximum absolute atomic E-state index is 4.33. The summed E-state index contributed by atoms with van der Waals surface area (Å²) < 4.78 is 1.02. The Bertz CT molecular complexity index is 425. The summed E-state index contributed by atoms with van der Waals surface area (Å²) >= 11 is 5.15. The van der Waals surface area contributed by atoms with E-state index in [1.54, 1.807) is 11.3 Å². The molecule has 2 aromatic heterocycles. The van der Waals surface area contributed by atoms with E-state index in [1.807, 2.05) is 18.3 Å². The Morgan fingerprint density at radius 3 is 2.94 bits per heavy atom. The normalized spacial score (nSPS) is 12.6. The standard InChI is InChI=1S/C12H13BrN2S/c1-9(12-3-2-6-16-12)14-8-11-5-4-10(13)7-15-11/h2-7,9,14H,8H2,1H3. The predicted molar refractivity (Wildman–Crippen MR) is 71.5 cm³/mol. The van der Waals surface area contributed by atoms with Crippen LogP contribution in [0.25, 0.3) is 0 Å². The second-order valence-electron chi connectivity index (χ2n) is 3.59. The van der Waals surface area contributed by atoms with Gasteiger partial charge in [-0.05, 0) is 46.4 Å². The fourth-order valence-corrected chi connectivity index (χ4v) is 2.40. The number of halogens is 1. The highest BCUT2D eigenvalue weighted by molar-refractivity contribution is 9.10. The minimum Gasteiger partial charge on any atom is -0.304 e. The number of nitrogens with zero attached hydrogens (tertiary/aromatic N) is 1. The molecular formula is C12H13BrN2S. The lowest BCUT2D eigenvalue weighted by Crippen LogP contribution is -2.17. The van der Waals surface area contributed by atoms with Gasteiger partial charge in [0.05, 0.1) is 5.69 Å². The van der Waals surface area contributed by atoms with Crippen LogP contribution in [0.1, 0.15) is 23.5 Å². The van der Waals surface area contributed by atoms with Crippen molar-refractivity contribution in [2.75, 3.05) is 0 Å². The molecule has 0 saturated heterocycles. The summed E-state index contributed by atoms with van der Waals surface area (Å²) in [5, 5.41) is 5.56. The molecule has 16 heavy (non-hydrogen) atoms. The fourth-order valence-electron chi connectivity index (χ4n) is 1.41. The van der Waals surface area contributed by atoms with Crippen LogP contribution in [0, 0.1) is 0 Å². The van der Waals surface area contributed by atoms with Crippen LogP contribution in [-0.2, 0) is 6.54 Å². The average molecular weight is 297 g/mol. The minimum absolute atomic E-state index is 0.380. The summed E-state index contributed by atoms with van der Waals surface area (Å²) in [4.78, 5) is 5.68. The molecule has 0 spiro atoms. The van der Waals surface area contributed by atoms with Crippen LogP contribution in [0.15, 0.2) is 40.3 Å². The Morgan fingerprint density at radius 1 is 1.44 bits per heavy atom. The number of thiophene rings is 1. The zero-order valence-electron chi connectivity index (χ0n) is 8.98. The molecule has 0 aliphatic heterocycles. The molecule has 1 N–H and O–H groups in total. The number of hydrogen-bond donors (Lipinski definition) is 1. The van der Waals surface area contributed by atoms with Crippen LogP contribution in [0.5, 0.6) is 0 Å². The van der Waals surface area contributed by atoms with Gasteiger partial charge < -0.3 is 5.32 Å². The number of nitrogens with one attached hydrogen (secondary N) is 1. The van der Waals surface area contributed by atoms with Gasteiger partial charge in [-0.15, -0.1) is 11.3 Å². The highest BCUT2D eigenvalue weighted by Crippen LogP contribution is 2.18. The molecule has 4 heteroatoms.